The van der Waals surface area contributed by atoms with Crippen molar-refractivity contribution < 1.29 is 5.11 Å². The van der Waals surface area contributed by atoms with Crippen molar-refractivity contribution in [2.24, 2.45) is 17.1 Å². The number of nitrogens with two attached hydrogens (primary N) is 1. The highest BCUT2D eigenvalue weighted by Crippen LogP contribution is 2.47. The molecule has 1 aliphatic carbocycles. The summed E-state index contributed by atoms with van der Waals surface area (Å²) in [5, 5.41) is 10.9. The Hall–Kier alpha value is -0.860. The summed E-state index contributed by atoms with van der Waals surface area (Å²) in [6, 6.07) is 8.46. The van der Waals surface area contributed by atoms with E-state index in [9.17, 15) is 5.11 Å². The molecular formula is C19H31NO. The zero-order valence-corrected chi connectivity index (χ0v) is 13.8. The van der Waals surface area contributed by atoms with Crippen LogP contribution in [0.15, 0.2) is 24.3 Å². The molecule has 0 amide bonds. The Morgan fingerprint density at radius 2 is 1.67 bits per heavy atom. The third-order valence-corrected chi connectivity index (χ3v) is 5.58. The maximum absolute atomic E-state index is 10.9. The fourth-order valence-corrected chi connectivity index (χ4v) is 3.67. The molecule has 0 saturated heterocycles. The van der Waals surface area contributed by atoms with Gasteiger partial charge in [-0.3, -0.25) is 0 Å². The minimum Gasteiger partial charge on any atom is -0.388 e. The van der Waals surface area contributed by atoms with Crippen LogP contribution in [0.2, 0.25) is 0 Å². The molecule has 0 radical (unpaired) electrons. The molecule has 0 heterocycles. The fourth-order valence-electron chi connectivity index (χ4n) is 3.67. The maximum atomic E-state index is 10.9. The summed E-state index contributed by atoms with van der Waals surface area (Å²) in [5.41, 5.74) is 8.31. The highest BCUT2D eigenvalue weighted by Gasteiger charge is 2.40. The molecule has 1 atom stereocenters. The Morgan fingerprint density at radius 1 is 1.14 bits per heavy atom. The summed E-state index contributed by atoms with van der Waals surface area (Å²) < 4.78 is 0. The largest absolute Gasteiger partial charge is 0.388 e. The van der Waals surface area contributed by atoms with E-state index >= 15 is 0 Å². The summed E-state index contributed by atoms with van der Waals surface area (Å²) >= 11 is 0. The summed E-state index contributed by atoms with van der Waals surface area (Å²) in [6.07, 6.45) is 5.33. The van der Waals surface area contributed by atoms with Gasteiger partial charge in [0, 0.05) is 12.0 Å². The first-order chi connectivity index (χ1) is 10.0. The molecule has 21 heavy (non-hydrogen) atoms. The van der Waals surface area contributed by atoms with Crippen molar-refractivity contribution in [1.82, 2.24) is 0 Å². The normalized spacial score (nSPS) is 27.8. The molecule has 1 aromatic rings. The molecule has 1 aromatic carbocycles. The second-order valence-electron chi connectivity index (χ2n) is 7.14. The Kier molecular flexibility index (Phi) is 5.45. The first kappa shape index (κ1) is 16.5. The zero-order valence-electron chi connectivity index (χ0n) is 13.8. The number of aliphatic hydroxyl groups excluding tert-OH is 1. The first-order valence-corrected chi connectivity index (χ1v) is 8.50. The highest BCUT2D eigenvalue weighted by atomic mass is 16.3. The van der Waals surface area contributed by atoms with Crippen molar-refractivity contribution in [3.63, 3.8) is 0 Å². The number of benzene rings is 1. The van der Waals surface area contributed by atoms with Gasteiger partial charge in [0.15, 0.2) is 0 Å². The summed E-state index contributed by atoms with van der Waals surface area (Å²) in [5.74, 6) is 1.35. The Bertz CT molecular complexity index is 429. The smallest absolute Gasteiger partial charge is 0.0858 e. The lowest BCUT2D eigenvalue weighted by Crippen LogP contribution is -2.40. The van der Waals surface area contributed by atoms with Gasteiger partial charge in [-0.25, -0.2) is 0 Å². The summed E-state index contributed by atoms with van der Waals surface area (Å²) in [7, 11) is 0. The van der Waals surface area contributed by atoms with Crippen LogP contribution in [0.1, 0.15) is 76.0 Å². The third-order valence-electron chi connectivity index (χ3n) is 5.58. The van der Waals surface area contributed by atoms with Gasteiger partial charge < -0.3 is 10.8 Å². The molecule has 0 spiro atoms. The van der Waals surface area contributed by atoms with Gasteiger partial charge in [-0.05, 0) is 48.6 Å². The minimum atomic E-state index is -0.429. The molecule has 0 bridgehead atoms. The number of rotatable bonds is 5. The van der Waals surface area contributed by atoms with E-state index < -0.39 is 6.10 Å². The average molecular weight is 289 g/mol. The third kappa shape index (κ3) is 3.49. The lowest BCUT2D eigenvalue weighted by Gasteiger charge is -2.43. The van der Waals surface area contributed by atoms with Gasteiger partial charge in [-0.2, -0.15) is 0 Å². The molecule has 118 valence electrons. The lowest BCUT2D eigenvalue weighted by molar-refractivity contribution is -0.0103. The van der Waals surface area contributed by atoms with Crippen LogP contribution in [0.4, 0.5) is 0 Å². The van der Waals surface area contributed by atoms with Gasteiger partial charge >= 0.3 is 0 Å². The van der Waals surface area contributed by atoms with Crippen LogP contribution in [-0.2, 0) is 0 Å². The fraction of sp³-hybridized carbons (Fsp3) is 0.684. The van der Waals surface area contributed by atoms with E-state index in [1.165, 1.54) is 24.8 Å². The van der Waals surface area contributed by atoms with Gasteiger partial charge in [-0.15, -0.1) is 0 Å². The second kappa shape index (κ2) is 6.93. The molecule has 0 aromatic heterocycles. The Balaban J connectivity index is 2.14. The van der Waals surface area contributed by atoms with E-state index in [1.807, 2.05) is 0 Å². The molecule has 0 aliphatic heterocycles. The van der Waals surface area contributed by atoms with E-state index in [4.69, 9.17) is 5.73 Å². The predicted molar refractivity (Wildman–Crippen MR) is 89.2 cm³/mol. The zero-order chi connectivity index (χ0) is 15.5. The van der Waals surface area contributed by atoms with Crippen molar-refractivity contribution in [3.8, 4) is 0 Å². The molecule has 1 unspecified atom stereocenters. The predicted octanol–water partition coefficient (Wildman–Crippen LogP) is 4.39. The highest BCUT2D eigenvalue weighted by molar-refractivity contribution is 5.27. The van der Waals surface area contributed by atoms with Crippen LogP contribution in [0.25, 0.3) is 0 Å². The van der Waals surface area contributed by atoms with Gasteiger partial charge in [0.05, 0.1) is 6.10 Å². The molecule has 1 fully saturated rings. The molecule has 2 heteroatoms. The summed E-state index contributed by atoms with van der Waals surface area (Å²) in [6.45, 7) is 7.23. The molecule has 3 N–H and O–H groups in total. The Labute approximate surface area is 129 Å². The summed E-state index contributed by atoms with van der Waals surface area (Å²) in [4.78, 5) is 0. The molecule has 1 saturated carbocycles. The number of aliphatic hydroxyl groups is 1. The van der Waals surface area contributed by atoms with E-state index in [-0.39, 0.29) is 5.41 Å². The number of hydrogen-bond donors (Lipinski definition) is 2. The molecule has 2 rings (SSSR count). The van der Waals surface area contributed by atoms with E-state index in [0.29, 0.717) is 12.5 Å². The van der Waals surface area contributed by atoms with Crippen molar-refractivity contribution >= 4 is 0 Å². The lowest BCUT2D eigenvalue weighted by atomic mass is 9.65. The van der Waals surface area contributed by atoms with Gasteiger partial charge in [0.1, 0.15) is 0 Å². The quantitative estimate of drug-likeness (QED) is 0.844. The van der Waals surface area contributed by atoms with Gasteiger partial charge in [-0.1, -0.05) is 51.5 Å². The van der Waals surface area contributed by atoms with Crippen molar-refractivity contribution in [2.75, 3.05) is 6.54 Å². The van der Waals surface area contributed by atoms with Crippen LogP contribution in [0.5, 0.6) is 0 Å². The molecule has 1 aliphatic rings. The van der Waals surface area contributed by atoms with Crippen molar-refractivity contribution in [2.45, 2.75) is 64.9 Å². The van der Waals surface area contributed by atoms with Crippen molar-refractivity contribution in [3.05, 3.63) is 35.4 Å². The second-order valence-corrected chi connectivity index (χ2v) is 7.14. The molecule has 2 nitrogen and oxygen atoms in total. The van der Waals surface area contributed by atoms with Crippen LogP contribution in [0, 0.1) is 11.3 Å². The van der Waals surface area contributed by atoms with E-state index in [2.05, 4.69) is 45.0 Å². The van der Waals surface area contributed by atoms with Crippen LogP contribution >= 0.6 is 0 Å². The van der Waals surface area contributed by atoms with E-state index in [0.717, 1.165) is 24.3 Å². The van der Waals surface area contributed by atoms with Crippen LogP contribution in [-0.4, -0.2) is 11.7 Å². The SMILES string of the molecule is CCC1CCC(CN)(C(O)c2ccc(C(C)C)cc2)CC1. The topological polar surface area (TPSA) is 46.2 Å². The monoisotopic (exact) mass is 289 g/mol. The maximum Gasteiger partial charge on any atom is 0.0858 e. The van der Waals surface area contributed by atoms with E-state index in [1.54, 1.807) is 0 Å². The number of hydrogen-bond acceptors (Lipinski definition) is 2. The van der Waals surface area contributed by atoms with Crippen LogP contribution < -0.4 is 5.73 Å². The molecular weight excluding hydrogens is 258 g/mol. The van der Waals surface area contributed by atoms with Gasteiger partial charge in [0.2, 0.25) is 0 Å². The minimum absolute atomic E-state index is 0.120. The average Bonchev–Trinajstić information content (AvgIpc) is 2.54. The van der Waals surface area contributed by atoms with Crippen LogP contribution in [0.3, 0.4) is 0 Å². The van der Waals surface area contributed by atoms with Gasteiger partial charge in [0.25, 0.3) is 0 Å². The first-order valence-electron chi connectivity index (χ1n) is 8.50. The Morgan fingerprint density at radius 3 is 2.10 bits per heavy atom. The van der Waals surface area contributed by atoms with Crippen molar-refractivity contribution in [1.29, 1.82) is 0 Å². The standard InChI is InChI=1S/C19H31NO/c1-4-15-9-11-19(13-20,12-10-15)18(21)17-7-5-16(6-8-17)14(2)3/h5-8,14-15,18,21H,4,9-13,20H2,1-3H3.